The molecule has 0 fully saturated rings. The lowest BCUT2D eigenvalue weighted by Gasteiger charge is -2.08. The molecule has 2 rings (SSSR count). The number of aliphatic imine (C=N–C) groups is 1. The maximum absolute atomic E-state index is 5.90. The highest BCUT2D eigenvalue weighted by molar-refractivity contribution is 9.10. The molecule has 0 saturated heterocycles. The van der Waals surface area contributed by atoms with E-state index in [9.17, 15) is 0 Å². The molecule has 0 aliphatic heterocycles. The molecule has 0 bridgehead atoms. The van der Waals surface area contributed by atoms with E-state index >= 15 is 0 Å². The average Bonchev–Trinajstić information content (AvgIpc) is 2.47. The molecule has 0 spiro atoms. The van der Waals surface area contributed by atoms with Gasteiger partial charge in [0.2, 0.25) is 0 Å². The van der Waals surface area contributed by atoms with Crippen molar-refractivity contribution in [2.45, 2.75) is 13.5 Å². The molecule has 2 aromatic carbocycles. The van der Waals surface area contributed by atoms with Crippen molar-refractivity contribution in [3.63, 3.8) is 0 Å². The molecule has 0 unspecified atom stereocenters. The first-order valence-electron chi connectivity index (χ1n) is 6.54. The van der Waals surface area contributed by atoms with E-state index in [1.54, 1.807) is 7.11 Å². The number of halogens is 1. The van der Waals surface area contributed by atoms with Crippen LogP contribution < -0.4 is 15.8 Å². The number of ether oxygens (including phenoxy) is 1. The van der Waals surface area contributed by atoms with Crippen LogP contribution in [0.1, 0.15) is 11.1 Å². The molecule has 0 heterocycles. The van der Waals surface area contributed by atoms with E-state index in [1.165, 1.54) is 5.56 Å². The molecule has 0 amide bonds. The van der Waals surface area contributed by atoms with Crippen molar-refractivity contribution in [1.29, 1.82) is 0 Å². The van der Waals surface area contributed by atoms with Crippen LogP contribution in [0.15, 0.2) is 51.9 Å². The minimum absolute atomic E-state index is 0.391. The predicted molar refractivity (Wildman–Crippen MR) is 90.8 cm³/mol. The van der Waals surface area contributed by atoms with Crippen molar-refractivity contribution in [2.75, 3.05) is 12.4 Å². The molecule has 3 N–H and O–H groups in total. The Bertz CT molecular complexity index is 638. The fourth-order valence-corrected chi connectivity index (χ4v) is 2.34. The minimum atomic E-state index is 0.391. The van der Waals surface area contributed by atoms with E-state index in [2.05, 4.69) is 39.2 Å². The summed E-state index contributed by atoms with van der Waals surface area (Å²) in [6.07, 6.45) is 0. The zero-order valence-corrected chi connectivity index (χ0v) is 13.6. The lowest BCUT2D eigenvalue weighted by Crippen LogP contribution is -2.22. The molecule has 2 aromatic rings. The second kappa shape index (κ2) is 7.13. The van der Waals surface area contributed by atoms with E-state index in [4.69, 9.17) is 10.5 Å². The number of nitrogens with one attached hydrogen (secondary N) is 1. The van der Waals surface area contributed by atoms with E-state index in [1.807, 2.05) is 36.4 Å². The molecule has 5 heteroatoms. The van der Waals surface area contributed by atoms with Gasteiger partial charge in [0.1, 0.15) is 5.75 Å². The summed E-state index contributed by atoms with van der Waals surface area (Å²) in [7, 11) is 1.64. The third-order valence-electron chi connectivity index (χ3n) is 3.09. The lowest BCUT2D eigenvalue weighted by molar-refractivity contribution is 0.415. The minimum Gasteiger partial charge on any atom is -0.497 e. The van der Waals surface area contributed by atoms with Gasteiger partial charge in [0.25, 0.3) is 0 Å². The SMILES string of the molecule is COc1ccc(NC(N)=NCc2ccc(Br)cc2C)cc1. The molecule has 110 valence electrons. The number of benzene rings is 2. The summed E-state index contributed by atoms with van der Waals surface area (Å²) in [5.74, 6) is 1.20. The van der Waals surface area contributed by atoms with Crippen LogP contribution in [0.3, 0.4) is 0 Å². The largest absolute Gasteiger partial charge is 0.497 e. The summed E-state index contributed by atoms with van der Waals surface area (Å²) in [6, 6.07) is 13.6. The second-order valence-corrected chi connectivity index (χ2v) is 5.54. The summed E-state index contributed by atoms with van der Waals surface area (Å²) >= 11 is 3.45. The van der Waals surface area contributed by atoms with Crippen LogP contribution in [0.5, 0.6) is 5.75 Å². The molecular formula is C16H18BrN3O. The summed E-state index contributed by atoms with van der Waals surface area (Å²) < 4.78 is 6.18. The molecular weight excluding hydrogens is 330 g/mol. The van der Waals surface area contributed by atoms with Gasteiger partial charge in [0.15, 0.2) is 5.96 Å². The predicted octanol–water partition coefficient (Wildman–Crippen LogP) is 3.69. The number of nitrogens with two attached hydrogens (primary N) is 1. The lowest BCUT2D eigenvalue weighted by atomic mass is 10.1. The monoisotopic (exact) mass is 347 g/mol. The zero-order valence-electron chi connectivity index (χ0n) is 12.1. The highest BCUT2D eigenvalue weighted by Gasteiger charge is 2.00. The van der Waals surface area contributed by atoms with Crippen LogP contribution in [0.2, 0.25) is 0 Å². The molecule has 4 nitrogen and oxygen atoms in total. The molecule has 0 aliphatic rings. The number of hydrogen-bond acceptors (Lipinski definition) is 2. The van der Waals surface area contributed by atoms with Gasteiger partial charge < -0.3 is 15.8 Å². The summed E-state index contributed by atoms with van der Waals surface area (Å²) in [4.78, 5) is 4.36. The number of rotatable bonds is 4. The Labute approximate surface area is 133 Å². The number of aryl methyl sites for hydroxylation is 1. The average molecular weight is 348 g/mol. The number of methoxy groups -OCH3 is 1. The molecule has 0 aliphatic carbocycles. The van der Waals surface area contributed by atoms with Gasteiger partial charge >= 0.3 is 0 Å². The van der Waals surface area contributed by atoms with E-state index in [0.29, 0.717) is 12.5 Å². The van der Waals surface area contributed by atoms with Crippen molar-refractivity contribution >= 4 is 27.6 Å². The quantitative estimate of drug-likeness (QED) is 0.654. The fourth-order valence-electron chi connectivity index (χ4n) is 1.87. The molecule has 21 heavy (non-hydrogen) atoms. The maximum Gasteiger partial charge on any atom is 0.193 e. The van der Waals surface area contributed by atoms with Crippen LogP contribution in [0.4, 0.5) is 5.69 Å². The Hall–Kier alpha value is -2.01. The Balaban J connectivity index is 2.00. The number of anilines is 1. The zero-order chi connectivity index (χ0) is 15.2. The highest BCUT2D eigenvalue weighted by Crippen LogP contribution is 2.17. The van der Waals surface area contributed by atoms with Gasteiger partial charge in [-0.05, 0) is 54.4 Å². The van der Waals surface area contributed by atoms with Crippen LogP contribution in [0, 0.1) is 6.92 Å². The maximum atomic E-state index is 5.90. The van der Waals surface area contributed by atoms with Crippen LogP contribution in [-0.4, -0.2) is 13.1 Å². The first-order valence-corrected chi connectivity index (χ1v) is 7.34. The summed E-state index contributed by atoms with van der Waals surface area (Å²) in [5, 5.41) is 3.06. The van der Waals surface area contributed by atoms with Crippen molar-refractivity contribution in [3.05, 3.63) is 58.1 Å². The van der Waals surface area contributed by atoms with Gasteiger partial charge in [-0.25, -0.2) is 4.99 Å². The third-order valence-corrected chi connectivity index (χ3v) is 3.58. The molecule has 0 saturated carbocycles. The van der Waals surface area contributed by atoms with Crippen molar-refractivity contribution in [2.24, 2.45) is 10.7 Å². The Morgan fingerprint density at radius 2 is 1.95 bits per heavy atom. The normalized spacial score (nSPS) is 11.3. The molecule has 0 radical (unpaired) electrons. The van der Waals surface area contributed by atoms with Crippen LogP contribution >= 0.6 is 15.9 Å². The first-order chi connectivity index (χ1) is 10.1. The highest BCUT2D eigenvalue weighted by atomic mass is 79.9. The Morgan fingerprint density at radius 1 is 1.24 bits per heavy atom. The Kier molecular flexibility index (Phi) is 5.22. The molecule has 0 atom stereocenters. The standard InChI is InChI=1S/C16H18BrN3O/c1-11-9-13(17)4-3-12(11)10-19-16(18)20-14-5-7-15(21-2)8-6-14/h3-9H,10H2,1-2H3,(H3,18,19,20). The third kappa shape index (κ3) is 4.49. The van der Waals surface area contributed by atoms with Crippen LogP contribution in [-0.2, 0) is 6.54 Å². The first kappa shape index (κ1) is 15.4. The summed E-state index contributed by atoms with van der Waals surface area (Å²) in [5.41, 5.74) is 9.12. The van der Waals surface area contributed by atoms with Gasteiger partial charge in [0, 0.05) is 10.2 Å². The van der Waals surface area contributed by atoms with E-state index in [0.717, 1.165) is 21.5 Å². The topological polar surface area (TPSA) is 59.6 Å². The second-order valence-electron chi connectivity index (χ2n) is 4.63. The van der Waals surface area contributed by atoms with Crippen molar-refractivity contribution in [3.8, 4) is 5.75 Å². The Morgan fingerprint density at radius 3 is 2.57 bits per heavy atom. The summed E-state index contributed by atoms with van der Waals surface area (Å²) in [6.45, 7) is 2.61. The van der Waals surface area contributed by atoms with Crippen LogP contribution in [0.25, 0.3) is 0 Å². The van der Waals surface area contributed by atoms with Gasteiger partial charge in [-0.2, -0.15) is 0 Å². The van der Waals surface area contributed by atoms with Crippen molar-refractivity contribution < 1.29 is 4.74 Å². The number of guanidine groups is 1. The number of nitrogens with zero attached hydrogens (tertiary/aromatic N) is 1. The molecule has 0 aromatic heterocycles. The van der Waals surface area contributed by atoms with E-state index in [-0.39, 0.29) is 0 Å². The van der Waals surface area contributed by atoms with Gasteiger partial charge in [-0.3, -0.25) is 0 Å². The fraction of sp³-hybridized carbons (Fsp3) is 0.188. The van der Waals surface area contributed by atoms with Gasteiger partial charge in [-0.15, -0.1) is 0 Å². The number of hydrogen-bond donors (Lipinski definition) is 2. The van der Waals surface area contributed by atoms with Gasteiger partial charge in [-0.1, -0.05) is 22.0 Å². The van der Waals surface area contributed by atoms with Gasteiger partial charge in [0.05, 0.1) is 13.7 Å². The smallest absolute Gasteiger partial charge is 0.193 e. The van der Waals surface area contributed by atoms with E-state index < -0.39 is 0 Å². The van der Waals surface area contributed by atoms with Crippen molar-refractivity contribution in [1.82, 2.24) is 0 Å².